The van der Waals surface area contributed by atoms with Gasteiger partial charge in [-0.3, -0.25) is 4.57 Å². The SMILES string of the molecule is c1ccc2c(c1)Sc1cc3c(cc1C21c2ccccc2-c2ccccc21)c1ccccc1n3-c1nc(-c2ccc3ccccc3c2)c2ccccc2n1. The molecule has 10 aromatic rings. The first-order chi connectivity index (χ1) is 26.3. The normalized spacial score (nSPS) is 13.7. The summed E-state index contributed by atoms with van der Waals surface area (Å²) in [6.07, 6.45) is 0. The maximum atomic E-state index is 5.44. The maximum absolute atomic E-state index is 5.44. The third-order valence-corrected chi connectivity index (χ3v) is 12.6. The van der Waals surface area contributed by atoms with Crippen LogP contribution in [-0.4, -0.2) is 14.5 Å². The Bertz CT molecular complexity index is 3130. The molecule has 3 nitrogen and oxygen atoms in total. The van der Waals surface area contributed by atoms with E-state index in [0.717, 1.165) is 33.2 Å². The standard InChI is InChI=1S/C49H29N3S/c1-2-14-31-27-32(26-25-30(31)13-1)47-36-18-5-10-22-42(36)50-48(51-47)52-43-23-11-6-17-35(43)37-28-41-46(29-44(37)52)53-45-24-12-9-21-40(45)49(41)38-19-7-3-15-33(38)34-16-4-8-20-39(34)49/h1-29H. The van der Waals surface area contributed by atoms with Gasteiger partial charge in [0.25, 0.3) is 0 Å². The van der Waals surface area contributed by atoms with E-state index in [4.69, 9.17) is 9.97 Å². The van der Waals surface area contributed by atoms with Gasteiger partial charge in [0.05, 0.1) is 27.7 Å². The molecule has 0 atom stereocenters. The smallest absolute Gasteiger partial charge is 0.235 e. The molecule has 8 aromatic carbocycles. The van der Waals surface area contributed by atoms with Gasteiger partial charge in [-0.25, -0.2) is 9.97 Å². The zero-order chi connectivity index (χ0) is 34.7. The van der Waals surface area contributed by atoms with Crippen molar-refractivity contribution in [1.82, 2.24) is 14.5 Å². The number of rotatable bonds is 2. The molecule has 12 rings (SSSR count). The van der Waals surface area contributed by atoms with E-state index in [1.54, 1.807) is 0 Å². The Hall–Kier alpha value is -6.49. The summed E-state index contributed by atoms with van der Waals surface area (Å²) >= 11 is 1.87. The molecule has 2 aromatic heterocycles. The van der Waals surface area contributed by atoms with Gasteiger partial charge in [0, 0.05) is 31.5 Å². The molecule has 1 spiro atoms. The zero-order valence-electron chi connectivity index (χ0n) is 28.5. The highest BCUT2D eigenvalue weighted by atomic mass is 32.2. The van der Waals surface area contributed by atoms with E-state index in [0.29, 0.717) is 5.95 Å². The van der Waals surface area contributed by atoms with Crippen molar-refractivity contribution in [1.29, 1.82) is 0 Å². The largest absolute Gasteiger partial charge is 0.278 e. The van der Waals surface area contributed by atoms with E-state index in [-0.39, 0.29) is 0 Å². The molecule has 0 fully saturated rings. The molecule has 0 N–H and O–H groups in total. The van der Waals surface area contributed by atoms with Crippen molar-refractivity contribution in [3.8, 4) is 28.3 Å². The summed E-state index contributed by atoms with van der Waals surface area (Å²) < 4.78 is 2.28. The summed E-state index contributed by atoms with van der Waals surface area (Å²) in [7, 11) is 0. The fourth-order valence-corrected chi connectivity index (χ4v) is 10.5. The number of para-hydroxylation sites is 2. The lowest BCUT2D eigenvalue weighted by atomic mass is 9.67. The summed E-state index contributed by atoms with van der Waals surface area (Å²) in [6, 6.07) is 64.2. The number of hydrogen-bond donors (Lipinski definition) is 0. The van der Waals surface area contributed by atoms with Crippen LogP contribution in [0.15, 0.2) is 186 Å². The topological polar surface area (TPSA) is 30.7 Å². The summed E-state index contributed by atoms with van der Waals surface area (Å²) in [5.74, 6) is 0.672. The highest BCUT2D eigenvalue weighted by Gasteiger charge is 2.50. The molecule has 0 saturated carbocycles. The molecule has 0 unspecified atom stereocenters. The minimum atomic E-state index is -0.440. The number of nitrogens with zero attached hydrogens (tertiary/aromatic N) is 3. The van der Waals surface area contributed by atoms with Crippen LogP contribution in [0, 0.1) is 0 Å². The lowest BCUT2D eigenvalue weighted by Crippen LogP contribution is -2.32. The van der Waals surface area contributed by atoms with Crippen LogP contribution in [0.5, 0.6) is 0 Å². The van der Waals surface area contributed by atoms with Gasteiger partial charge in [0.1, 0.15) is 0 Å². The molecule has 4 heteroatoms. The molecule has 0 radical (unpaired) electrons. The molecule has 1 aliphatic carbocycles. The van der Waals surface area contributed by atoms with Gasteiger partial charge in [-0.2, -0.15) is 0 Å². The molecule has 0 amide bonds. The minimum absolute atomic E-state index is 0.440. The van der Waals surface area contributed by atoms with Gasteiger partial charge in [0.2, 0.25) is 5.95 Å². The molecular weight excluding hydrogens is 663 g/mol. The summed E-state index contributed by atoms with van der Waals surface area (Å²) in [6.45, 7) is 0. The Morgan fingerprint density at radius 2 is 1.09 bits per heavy atom. The first-order valence-electron chi connectivity index (χ1n) is 18.1. The van der Waals surface area contributed by atoms with Gasteiger partial charge < -0.3 is 0 Å². The second-order valence-electron chi connectivity index (χ2n) is 14.1. The predicted octanol–water partition coefficient (Wildman–Crippen LogP) is 12.4. The van der Waals surface area contributed by atoms with Crippen LogP contribution >= 0.6 is 11.8 Å². The monoisotopic (exact) mass is 691 g/mol. The van der Waals surface area contributed by atoms with Crippen LogP contribution in [0.1, 0.15) is 22.3 Å². The molecule has 1 aliphatic heterocycles. The predicted molar refractivity (Wildman–Crippen MR) is 218 cm³/mol. The van der Waals surface area contributed by atoms with E-state index in [1.807, 2.05) is 11.8 Å². The minimum Gasteiger partial charge on any atom is -0.278 e. The van der Waals surface area contributed by atoms with Crippen molar-refractivity contribution in [2.75, 3.05) is 0 Å². The highest BCUT2D eigenvalue weighted by molar-refractivity contribution is 7.99. The van der Waals surface area contributed by atoms with Gasteiger partial charge in [-0.1, -0.05) is 151 Å². The summed E-state index contributed by atoms with van der Waals surface area (Å²) in [5, 5.41) is 5.83. The lowest BCUT2D eigenvalue weighted by molar-refractivity contribution is 0.724. The third-order valence-electron chi connectivity index (χ3n) is 11.5. The molecular formula is C49H29N3S. The van der Waals surface area contributed by atoms with Crippen molar-refractivity contribution < 1.29 is 0 Å². The molecule has 0 bridgehead atoms. The third kappa shape index (κ3) is 3.91. The average molecular weight is 692 g/mol. The molecule has 2 aliphatic rings. The van der Waals surface area contributed by atoms with Crippen LogP contribution in [0.25, 0.3) is 71.8 Å². The van der Waals surface area contributed by atoms with Crippen LogP contribution in [0.4, 0.5) is 0 Å². The van der Waals surface area contributed by atoms with Gasteiger partial charge in [-0.15, -0.1) is 0 Å². The van der Waals surface area contributed by atoms with E-state index in [9.17, 15) is 0 Å². The number of benzene rings is 8. The number of aromatic nitrogens is 3. The Kier molecular flexibility index (Phi) is 5.92. The Morgan fingerprint density at radius 1 is 0.434 bits per heavy atom. The first-order valence-corrected chi connectivity index (χ1v) is 18.9. The van der Waals surface area contributed by atoms with Crippen molar-refractivity contribution in [3.63, 3.8) is 0 Å². The van der Waals surface area contributed by atoms with Crippen molar-refractivity contribution >= 4 is 55.2 Å². The Morgan fingerprint density at radius 3 is 1.92 bits per heavy atom. The highest BCUT2D eigenvalue weighted by Crippen LogP contribution is 2.62. The molecule has 53 heavy (non-hydrogen) atoms. The summed E-state index contributed by atoms with van der Waals surface area (Å²) in [5.41, 5.74) is 12.7. The van der Waals surface area contributed by atoms with E-state index in [2.05, 4.69) is 180 Å². The Labute approximate surface area is 310 Å². The van der Waals surface area contributed by atoms with Crippen molar-refractivity contribution in [3.05, 3.63) is 198 Å². The molecule has 246 valence electrons. The summed E-state index contributed by atoms with van der Waals surface area (Å²) in [4.78, 5) is 13.3. The quantitative estimate of drug-likeness (QED) is 0.181. The van der Waals surface area contributed by atoms with E-state index in [1.165, 1.54) is 64.7 Å². The second kappa shape index (κ2) is 10.8. The number of hydrogen-bond acceptors (Lipinski definition) is 3. The maximum Gasteiger partial charge on any atom is 0.235 e. The number of fused-ring (bicyclic) bond motifs is 14. The fourth-order valence-electron chi connectivity index (χ4n) is 9.25. The second-order valence-corrected chi connectivity index (χ2v) is 15.2. The van der Waals surface area contributed by atoms with Gasteiger partial charge in [0.15, 0.2) is 0 Å². The molecule has 0 saturated heterocycles. The van der Waals surface area contributed by atoms with Crippen molar-refractivity contribution in [2.24, 2.45) is 0 Å². The fraction of sp³-hybridized carbons (Fsp3) is 0.0204. The van der Waals surface area contributed by atoms with Gasteiger partial charge >= 0.3 is 0 Å². The van der Waals surface area contributed by atoms with Crippen molar-refractivity contribution in [2.45, 2.75) is 15.2 Å². The Balaban J connectivity index is 1.17. The van der Waals surface area contributed by atoms with Gasteiger partial charge in [-0.05, 0) is 80.6 Å². The van der Waals surface area contributed by atoms with E-state index < -0.39 is 5.41 Å². The van der Waals surface area contributed by atoms with Crippen LogP contribution < -0.4 is 0 Å². The lowest BCUT2D eigenvalue weighted by Gasteiger charge is -2.39. The zero-order valence-corrected chi connectivity index (χ0v) is 29.3. The average Bonchev–Trinajstić information content (AvgIpc) is 3.70. The van der Waals surface area contributed by atoms with Crippen LogP contribution in [0.3, 0.4) is 0 Å². The molecule has 3 heterocycles. The first kappa shape index (κ1) is 29.1. The van der Waals surface area contributed by atoms with Crippen LogP contribution in [-0.2, 0) is 5.41 Å². The van der Waals surface area contributed by atoms with E-state index >= 15 is 0 Å². The van der Waals surface area contributed by atoms with Crippen LogP contribution in [0.2, 0.25) is 0 Å².